The quantitative estimate of drug-likeness (QED) is 0.551. The van der Waals surface area contributed by atoms with E-state index in [9.17, 15) is 4.79 Å². The van der Waals surface area contributed by atoms with Gasteiger partial charge in [0.2, 0.25) is 0 Å². The Bertz CT molecular complexity index is 244. The molecule has 86 valence electrons. The maximum absolute atomic E-state index is 10.5. The van der Waals surface area contributed by atoms with E-state index in [0.29, 0.717) is 17.3 Å². The largest absolute Gasteiger partial charge is 0.465 e. The van der Waals surface area contributed by atoms with Crippen molar-refractivity contribution in [2.45, 2.75) is 55.5 Å². The molecule has 0 saturated heterocycles. The summed E-state index contributed by atoms with van der Waals surface area (Å²) in [6.07, 6.45) is 4.37. The second-order valence-corrected chi connectivity index (χ2v) is 5.38. The summed E-state index contributed by atoms with van der Waals surface area (Å²) in [5, 5.41) is 15.3. The van der Waals surface area contributed by atoms with Gasteiger partial charge in [-0.3, -0.25) is 0 Å². The van der Waals surface area contributed by atoms with Crippen LogP contribution in [0, 0.1) is 0 Å². The molecule has 2 rings (SSSR count). The summed E-state index contributed by atoms with van der Waals surface area (Å²) in [6, 6.07) is 1.25. The van der Waals surface area contributed by atoms with Crippen molar-refractivity contribution in [1.82, 2.24) is 10.6 Å². The summed E-state index contributed by atoms with van der Waals surface area (Å²) in [7, 11) is 0. The maximum atomic E-state index is 10.5. The van der Waals surface area contributed by atoms with E-state index in [-0.39, 0.29) is 6.04 Å². The minimum Gasteiger partial charge on any atom is -0.465 e. The SMILES string of the molecule is O=C(O)N[C@@H]1CC[C@@H](NC2CC(S)C2)C1. The van der Waals surface area contributed by atoms with Crippen molar-refractivity contribution in [3.05, 3.63) is 0 Å². The van der Waals surface area contributed by atoms with Crippen molar-refractivity contribution in [2.24, 2.45) is 0 Å². The third-order valence-corrected chi connectivity index (χ3v) is 3.77. The van der Waals surface area contributed by atoms with Gasteiger partial charge in [-0.25, -0.2) is 4.79 Å². The van der Waals surface area contributed by atoms with E-state index in [2.05, 4.69) is 23.3 Å². The maximum Gasteiger partial charge on any atom is 0.404 e. The molecule has 1 amide bonds. The van der Waals surface area contributed by atoms with Crippen LogP contribution in [0.25, 0.3) is 0 Å². The van der Waals surface area contributed by atoms with Gasteiger partial charge < -0.3 is 15.7 Å². The number of rotatable bonds is 3. The fourth-order valence-corrected chi connectivity index (χ4v) is 3.00. The fraction of sp³-hybridized carbons (Fsp3) is 0.900. The van der Waals surface area contributed by atoms with E-state index in [1.807, 2.05) is 0 Å². The Morgan fingerprint density at radius 1 is 1.13 bits per heavy atom. The van der Waals surface area contributed by atoms with Crippen LogP contribution < -0.4 is 10.6 Å². The molecule has 15 heavy (non-hydrogen) atoms. The molecule has 4 nitrogen and oxygen atoms in total. The van der Waals surface area contributed by atoms with Crippen molar-refractivity contribution in [1.29, 1.82) is 0 Å². The second-order valence-electron chi connectivity index (χ2n) is 4.65. The van der Waals surface area contributed by atoms with Crippen LogP contribution in [0.5, 0.6) is 0 Å². The molecule has 2 fully saturated rings. The first kappa shape index (κ1) is 11.1. The van der Waals surface area contributed by atoms with Gasteiger partial charge in [-0.15, -0.1) is 0 Å². The molecule has 2 aliphatic rings. The summed E-state index contributed by atoms with van der Waals surface area (Å²) < 4.78 is 0. The molecule has 2 aliphatic carbocycles. The lowest BCUT2D eigenvalue weighted by atomic mass is 9.91. The molecule has 2 atom stereocenters. The molecule has 0 bridgehead atoms. The number of nitrogens with one attached hydrogen (secondary N) is 2. The summed E-state index contributed by atoms with van der Waals surface area (Å²) >= 11 is 4.37. The molecule has 0 heterocycles. The van der Waals surface area contributed by atoms with Crippen LogP contribution in [0.3, 0.4) is 0 Å². The zero-order valence-corrected chi connectivity index (χ0v) is 9.54. The van der Waals surface area contributed by atoms with Gasteiger partial charge in [0.15, 0.2) is 0 Å². The number of hydrogen-bond donors (Lipinski definition) is 4. The van der Waals surface area contributed by atoms with E-state index >= 15 is 0 Å². The highest BCUT2D eigenvalue weighted by Gasteiger charge is 2.31. The Balaban J connectivity index is 1.66. The van der Waals surface area contributed by atoms with Crippen LogP contribution in [0.4, 0.5) is 4.79 Å². The monoisotopic (exact) mass is 230 g/mol. The van der Waals surface area contributed by atoms with Gasteiger partial charge in [-0.2, -0.15) is 12.6 Å². The smallest absolute Gasteiger partial charge is 0.404 e. The summed E-state index contributed by atoms with van der Waals surface area (Å²) in [6.45, 7) is 0. The lowest BCUT2D eigenvalue weighted by Gasteiger charge is -2.35. The molecule has 0 aliphatic heterocycles. The van der Waals surface area contributed by atoms with Gasteiger partial charge in [0.1, 0.15) is 0 Å². The lowest BCUT2D eigenvalue weighted by molar-refractivity contribution is 0.189. The van der Waals surface area contributed by atoms with E-state index in [1.54, 1.807) is 0 Å². The summed E-state index contributed by atoms with van der Waals surface area (Å²) in [5.74, 6) is 0. The first-order chi connectivity index (χ1) is 7.13. The Morgan fingerprint density at radius 3 is 2.40 bits per heavy atom. The van der Waals surface area contributed by atoms with Crippen LogP contribution in [0.1, 0.15) is 32.1 Å². The molecule has 0 radical (unpaired) electrons. The minimum absolute atomic E-state index is 0.145. The van der Waals surface area contributed by atoms with Crippen LogP contribution in [-0.4, -0.2) is 34.6 Å². The molecule has 2 saturated carbocycles. The zero-order valence-electron chi connectivity index (χ0n) is 8.65. The standard InChI is InChI=1S/C10H18N2O2S/c13-10(14)12-7-2-1-6(3-7)11-8-4-9(15)5-8/h6-9,11-12,15H,1-5H2,(H,13,14)/t6-,7-,8?,9?/m1/s1. The summed E-state index contributed by atoms with van der Waals surface area (Å²) in [4.78, 5) is 10.5. The molecule has 0 unspecified atom stereocenters. The normalized spacial score (nSPS) is 39.8. The lowest BCUT2D eigenvalue weighted by Crippen LogP contribution is -2.46. The van der Waals surface area contributed by atoms with Crippen molar-refractivity contribution in [2.75, 3.05) is 0 Å². The third-order valence-electron chi connectivity index (χ3n) is 3.34. The molecule has 3 N–H and O–H groups in total. The van der Waals surface area contributed by atoms with E-state index in [1.165, 1.54) is 0 Å². The number of carboxylic acid groups (broad SMARTS) is 1. The van der Waals surface area contributed by atoms with Crippen molar-refractivity contribution >= 4 is 18.7 Å². The Morgan fingerprint density at radius 2 is 1.80 bits per heavy atom. The summed E-state index contributed by atoms with van der Waals surface area (Å²) in [5.41, 5.74) is 0. The zero-order chi connectivity index (χ0) is 10.8. The second kappa shape index (κ2) is 4.61. The van der Waals surface area contributed by atoms with Gasteiger partial charge in [0, 0.05) is 23.4 Å². The topological polar surface area (TPSA) is 61.4 Å². The average Bonchev–Trinajstić information content (AvgIpc) is 2.48. The molecule has 5 heteroatoms. The highest BCUT2D eigenvalue weighted by molar-refractivity contribution is 7.81. The highest BCUT2D eigenvalue weighted by atomic mass is 32.1. The van der Waals surface area contributed by atoms with Crippen molar-refractivity contribution in [3.63, 3.8) is 0 Å². The number of hydrogen-bond acceptors (Lipinski definition) is 3. The van der Waals surface area contributed by atoms with Crippen molar-refractivity contribution < 1.29 is 9.90 Å². The van der Waals surface area contributed by atoms with Gasteiger partial charge in [-0.05, 0) is 32.1 Å². The Labute approximate surface area is 95.2 Å². The van der Waals surface area contributed by atoms with Gasteiger partial charge in [0.25, 0.3) is 0 Å². The van der Waals surface area contributed by atoms with E-state index in [4.69, 9.17) is 5.11 Å². The first-order valence-electron chi connectivity index (χ1n) is 5.57. The van der Waals surface area contributed by atoms with Crippen LogP contribution >= 0.6 is 12.6 Å². The van der Waals surface area contributed by atoms with Crippen LogP contribution in [-0.2, 0) is 0 Å². The molecule has 0 spiro atoms. The van der Waals surface area contributed by atoms with E-state index < -0.39 is 6.09 Å². The molecular formula is C10H18N2O2S. The van der Waals surface area contributed by atoms with Crippen LogP contribution in [0.15, 0.2) is 0 Å². The number of carbonyl (C=O) groups is 1. The highest BCUT2D eigenvalue weighted by Crippen LogP contribution is 2.28. The molecule has 0 aromatic carbocycles. The first-order valence-corrected chi connectivity index (χ1v) is 6.08. The molecular weight excluding hydrogens is 212 g/mol. The molecule has 0 aromatic heterocycles. The van der Waals surface area contributed by atoms with Crippen LogP contribution in [0.2, 0.25) is 0 Å². The van der Waals surface area contributed by atoms with Gasteiger partial charge in [0.05, 0.1) is 0 Å². The Kier molecular flexibility index (Phi) is 3.41. The fourth-order valence-electron chi connectivity index (χ4n) is 2.50. The molecule has 0 aromatic rings. The van der Waals surface area contributed by atoms with Gasteiger partial charge in [-0.1, -0.05) is 0 Å². The minimum atomic E-state index is -0.903. The van der Waals surface area contributed by atoms with E-state index in [0.717, 1.165) is 32.1 Å². The predicted octanol–water partition coefficient (Wildman–Crippen LogP) is 1.23. The number of thiol groups is 1. The third kappa shape index (κ3) is 3.01. The van der Waals surface area contributed by atoms with Crippen molar-refractivity contribution in [3.8, 4) is 0 Å². The van der Waals surface area contributed by atoms with Gasteiger partial charge >= 0.3 is 6.09 Å². The Hall–Kier alpha value is -0.420. The number of amides is 1. The average molecular weight is 230 g/mol. The predicted molar refractivity (Wildman–Crippen MR) is 61.5 cm³/mol.